The first kappa shape index (κ1) is 12.0. The Morgan fingerprint density at radius 1 is 1.53 bits per heavy atom. The van der Waals surface area contributed by atoms with Gasteiger partial charge in [0.1, 0.15) is 11.5 Å². The van der Waals surface area contributed by atoms with E-state index >= 15 is 0 Å². The molecule has 1 atom stereocenters. The Morgan fingerprint density at radius 2 is 2.29 bits per heavy atom. The molecule has 0 aliphatic carbocycles. The summed E-state index contributed by atoms with van der Waals surface area (Å²) in [7, 11) is 0. The Bertz CT molecular complexity index is 526. The summed E-state index contributed by atoms with van der Waals surface area (Å²) in [5.41, 5.74) is 6.71. The van der Waals surface area contributed by atoms with Crippen LogP contribution in [0.3, 0.4) is 0 Å². The zero-order valence-electron chi connectivity index (χ0n) is 9.27. The Hall–Kier alpha value is -1.46. The molecule has 0 bridgehead atoms. The van der Waals surface area contributed by atoms with Crippen molar-refractivity contribution in [3.8, 4) is 5.69 Å². The highest BCUT2D eigenvalue weighted by Gasteiger charge is 2.11. The molecule has 0 aliphatic rings. The maximum Gasteiger partial charge on any atom is 0.149 e. The molecule has 1 unspecified atom stereocenters. The smallest absolute Gasteiger partial charge is 0.149 e. The van der Waals surface area contributed by atoms with Crippen molar-refractivity contribution >= 4 is 11.6 Å². The second-order valence-corrected chi connectivity index (χ2v) is 4.13. The molecule has 90 valence electrons. The summed E-state index contributed by atoms with van der Waals surface area (Å²) in [6.45, 7) is 1.95. The maximum absolute atomic E-state index is 13.6. The molecule has 0 saturated heterocycles. The second kappa shape index (κ2) is 4.81. The van der Waals surface area contributed by atoms with E-state index in [1.807, 2.05) is 6.92 Å². The van der Waals surface area contributed by atoms with Gasteiger partial charge in [-0.3, -0.25) is 0 Å². The molecule has 2 rings (SSSR count). The molecule has 0 radical (unpaired) electrons. The molecule has 0 spiro atoms. The number of hydrogen-bond acceptors (Lipinski definition) is 3. The van der Waals surface area contributed by atoms with Crippen molar-refractivity contribution in [2.24, 2.45) is 5.73 Å². The zero-order valence-corrected chi connectivity index (χ0v) is 10.0. The van der Waals surface area contributed by atoms with E-state index in [0.29, 0.717) is 10.7 Å². The minimum Gasteiger partial charge on any atom is -0.323 e. The first-order valence-electron chi connectivity index (χ1n) is 5.25. The average molecular weight is 255 g/mol. The van der Waals surface area contributed by atoms with Gasteiger partial charge in [0.05, 0.1) is 17.9 Å². The van der Waals surface area contributed by atoms with Crippen LogP contribution in [0.4, 0.5) is 4.39 Å². The van der Waals surface area contributed by atoms with Crippen molar-refractivity contribution < 1.29 is 4.39 Å². The molecule has 0 saturated carbocycles. The van der Waals surface area contributed by atoms with Gasteiger partial charge in [-0.1, -0.05) is 23.7 Å². The first-order valence-corrected chi connectivity index (χ1v) is 5.63. The van der Waals surface area contributed by atoms with Gasteiger partial charge >= 0.3 is 0 Å². The van der Waals surface area contributed by atoms with E-state index < -0.39 is 5.82 Å². The second-order valence-electron chi connectivity index (χ2n) is 3.70. The summed E-state index contributed by atoms with van der Waals surface area (Å²) in [6, 6.07) is 4.08. The van der Waals surface area contributed by atoms with Crippen LogP contribution < -0.4 is 5.73 Å². The van der Waals surface area contributed by atoms with Crippen LogP contribution in [0.1, 0.15) is 25.1 Å². The van der Waals surface area contributed by atoms with E-state index in [0.717, 1.165) is 6.42 Å². The Labute approximate surface area is 103 Å². The monoisotopic (exact) mass is 254 g/mol. The van der Waals surface area contributed by atoms with Crippen LogP contribution in [0.15, 0.2) is 24.4 Å². The molecule has 17 heavy (non-hydrogen) atoms. The highest BCUT2D eigenvalue weighted by molar-refractivity contribution is 6.30. The van der Waals surface area contributed by atoms with Gasteiger partial charge in [0.25, 0.3) is 0 Å². The number of benzene rings is 1. The number of rotatable bonds is 3. The fourth-order valence-electron chi connectivity index (χ4n) is 1.43. The summed E-state index contributed by atoms with van der Waals surface area (Å²) in [4.78, 5) is 0. The number of nitrogens with zero attached hydrogens (tertiary/aromatic N) is 3. The third kappa shape index (κ3) is 2.45. The van der Waals surface area contributed by atoms with Gasteiger partial charge in [-0.2, -0.15) is 0 Å². The Kier molecular flexibility index (Phi) is 3.40. The third-order valence-corrected chi connectivity index (χ3v) is 2.72. The summed E-state index contributed by atoms with van der Waals surface area (Å²) in [5.74, 6) is -0.407. The summed E-state index contributed by atoms with van der Waals surface area (Å²) in [6.07, 6.45) is 2.36. The molecule has 2 N–H and O–H groups in total. The van der Waals surface area contributed by atoms with E-state index in [-0.39, 0.29) is 11.7 Å². The maximum atomic E-state index is 13.6. The molecular formula is C11H12ClFN4. The van der Waals surface area contributed by atoms with Crippen LogP contribution in [-0.4, -0.2) is 15.0 Å². The molecule has 0 amide bonds. The van der Waals surface area contributed by atoms with Crippen LogP contribution in [0, 0.1) is 5.82 Å². The van der Waals surface area contributed by atoms with Crippen molar-refractivity contribution in [2.45, 2.75) is 19.4 Å². The Morgan fingerprint density at radius 3 is 3.00 bits per heavy atom. The fraction of sp³-hybridized carbons (Fsp3) is 0.273. The predicted octanol–water partition coefficient (Wildman–Crippen LogP) is 2.47. The van der Waals surface area contributed by atoms with Crippen LogP contribution in [0.25, 0.3) is 5.69 Å². The number of aromatic nitrogens is 3. The van der Waals surface area contributed by atoms with Crippen molar-refractivity contribution in [2.75, 3.05) is 0 Å². The van der Waals surface area contributed by atoms with Crippen molar-refractivity contribution in [1.29, 1.82) is 0 Å². The third-order valence-electron chi connectivity index (χ3n) is 2.49. The Balaban J connectivity index is 2.40. The highest BCUT2D eigenvalue weighted by atomic mass is 35.5. The van der Waals surface area contributed by atoms with Gasteiger partial charge in [-0.25, -0.2) is 9.07 Å². The van der Waals surface area contributed by atoms with Crippen LogP contribution in [-0.2, 0) is 0 Å². The fourth-order valence-corrected chi connectivity index (χ4v) is 1.60. The van der Waals surface area contributed by atoms with E-state index in [1.54, 1.807) is 6.20 Å². The van der Waals surface area contributed by atoms with E-state index in [9.17, 15) is 4.39 Å². The van der Waals surface area contributed by atoms with Gasteiger partial charge in [0, 0.05) is 5.02 Å². The van der Waals surface area contributed by atoms with Gasteiger partial charge in [-0.15, -0.1) is 5.10 Å². The van der Waals surface area contributed by atoms with Gasteiger partial charge < -0.3 is 5.73 Å². The topological polar surface area (TPSA) is 56.7 Å². The molecule has 2 aromatic rings. The first-order chi connectivity index (χ1) is 8.11. The summed E-state index contributed by atoms with van der Waals surface area (Å²) >= 11 is 5.81. The molecule has 0 fully saturated rings. The summed E-state index contributed by atoms with van der Waals surface area (Å²) < 4.78 is 14.9. The number of halogens is 2. The molecule has 6 heteroatoms. The molecular weight excluding hydrogens is 243 g/mol. The van der Waals surface area contributed by atoms with Gasteiger partial charge in [0.2, 0.25) is 0 Å². The highest BCUT2D eigenvalue weighted by Crippen LogP contribution is 2.19. The molecule has 1 heterocycles. The SMILES string of the molecule is CCC(N)c1cn(-c2cc(Cl)ccc2F)nn1. The van der Waals surface area contributed by atoms with Gasteiger partial charge in [0.15, 0.2) is 0 Å². The lowest BCUT2D eigenvalue weighted by atomic mass is 10.2. The van der Waals surface area contributed by atoms with Crippen LogP contribution >= 0.6 is 11.6 Å². The van der Waals surface area contributed by atoms with E-state index in [2.05, 4.69) is 10.3 Å². The minimum absolute atomic E-state index is 0.189. The number of nitrogens with two attached hydrogens (primary N) is 1. The largest absolute Gasteiger partial charge is 0.323 e. The lowest BCUT2D eigenvalue weighted by molar-refractivity contribution is 0.607. The molecule has 0 aliphatic heterocycles. The van der Waals surface area contributed by atoms with Gasteiger partial charge in [-0.05, 0) is 24.6 Å². The zero-order chi connectivity index (χ0) is 12.4. The quantitative estimate of drug-likeness (QED) is 0.915. The van der Waals surface area contributed by atoms with E-state index in [1.165, 1.54) is 22.9 Å². The van der Waals surface area contributed by atoms with Crippen molar-refractivity contribution in [3.63, 3.8) is 0 Å². The molecule has 1 aromatic heterocycles. The standard InChI is InChI=1S/C11H12ClFN4/c1-2-9(14)10-6-17(16-15-10)11-5-7(12)3-4-8(11)13/h3-6,9H,2,14H2,1H3. The lowest BCUT2D eigenvalue weighted by Gasteiger charge is -2.03. The summed E-state index contributed by atoms with van der Waals surface area (Å²) in [5, 5.41) is 8.20. The molecule has 4 nitrogen and oxygen atoms in total. The average Bonchev–Trinajstić information content (AvgIpc) is 2.80. The minimum atomic E-state index is -0.407. The predicted molar refractivity (Wildman–Crippen MR) is 63.5 cm³/mol. The lowest BCUT2D eigenvalue weighted by Crippen LogP contribution is -2.08. The van der Waals surface area contributed by atoms with Crippen molar-refractivity contribution in [3.05, 3.63) is 40.9 Å². The molecule has 1 aromatic carbocycles. The van der Waals surface area contributed by atoms with Crippen LogP contribution in [0.2, 0.25) is 5.02 Å². The van der Waals surface area contributed by atoms with E-state index in [4.69, 9.17) is 17.3 Å². The number of hydrogen-bond donors (Lipinski definition) is 1. The van der Waals surface area contributed by atoms with Crippen LogP contribution in [0.5, 0.6) is 0 Å². The normalized spacial score (nSPS) is 12.7. The van der Waals surface area contributed by atoms with Crippen molar-refractivity contribution in [1.82, 2.24) is 15.0 Å².